The van der Waals surface area contributed by atoms with E-state index in [0.717, 1.165) is 29.2 Å². The molecule has 1 aromatic carbocycles. The molecule has 92 valence electrons. The zero-order chi connectivity index (χ0) is 11.5. The van der Waals surface area contributed by atoms with E-state index in [2.05, 4.69) is 5.10 Å². The molecule has 0 aliphatic carbocycles. The van der Waals surface area contributed by atoms with Gasteiger partial charge in [-0.15, -0.1) is 12.4 Å². The van der Waals surface area contributed by atoms with Gasteiger partial charge in [0.05, 0.1) is 0 Å². The lowest BCUT2D eigenvalue weighted by atomic mass is 10.1. The lowest BCUT2D eigenvalue weighted by molar-refractivity contribution is 0.598. The standard InChI is InChI=1S/C12H12Cl2N2.ClH/c1-9-4-6-15-16(9)7-5-10-2-3-11(13)8-12(10)14;/h2-4,6,8H,5,7H2,1H3;1H. The van der Waals surface area contributed by atoms with Gasteiger partial charge in [0.1, 0.15) is 0 Å². The minimum Gasteiger partial charge on any atom is -0.270 e. The van der Waals surface area contributed by atoms with Crippen LogP contribution >= 0.6 is 35.6 Å². The first-order chi connectivity index (χ1) is 7.66. The van der Waals surface area contributed by atoms with E-state index in [1.54, 1.807) is 12.3 Å². The Morgan fingerprint density at radius 2 is 2.00 bits per heavy atom. The third kappa shape index (κ3) is 3.63. The Balaban J connectivity index is 0.00000144. The van der Waals surface area contributed by atoms with Crippen molar-refractivity contribution in [3.8, 4) is 0 Å². The SMILES string of the molecule is Cc1ccnn1CCc1ccc(Cl)cc1Cl.Cl. The molecule has 0 aliphatic heterocycles. The molecule has 2 nitrogen and oxygen atoms in total. The average molecular weight is 292 g/mol. The van der Waals surface area contributed by atoms with Crippen LogP contribution < -0.4 is 0 Å². The summed E-state index contributed by atoms with van der Waals surface area (Å²) in [6.07, 6.45) is 2.66. The predicted octanol–water partition coefficient (Wildman–Crippen LogP) is 4.16. The Kier molecular flexibility index (Phi) is 5.31. The van der Waals surface area contributed by atoms with E-state index in [9.17, 15) is 0 Å². The highest BCUT2D eigenvalue weighted by Crippen LogP contribution is 2.21. The maximum atomic E-state index is 6.10. The van der Waals surface area contributed by atoms with Crippen LogP contribution in [-0.2, 0) is 13.0 Å². The zero-order valence-corrected chi connectivity index (χ0v) is 11.7. The van der Waals surface area contributed by atoms with Crippen LogP contribution in [0, 0.1) is 6.92 Å². The second kappa shape index (κ2) is 6.29. The van der Waals surface area contributed by atoms with Crippen LogP contribution in [0.15, 0.2) is 30.5 Å². The number of halogens is 3. The summed E-state index contributed by atoms with van der Waals surface area (Å²) in [6, 6.07) is 7.58. The minimum absolute atomic E-state index is 0. The van der Waals surface area contributed by atoms with Crippen molar-refractivity contribution in [2.45, 2.75) is 19.9 Å². The van der Waals surface area contributed by atoms with Gasteiger partial charge in [0.2, 0.25) is 0 Å². The molecule has 2 aromatic rings. The third-order valence-electron chi connectivity index (χ3n) is 2.54. The maximum Gasteiger partial charge on any atom is 0.0492 e. The number of hydrogen-bond donors (Lipinski definition) is 0. The molecular weight excluding hydrogens is 279 g/mol. The second-order valence-electron chi connectivity index (χ2n) is 3.68. The Bertz CT molecular complexity index is 494. The molecule has 0 spiro atoms. The highest BCUT2D eigenvalue weighted by molar-refractivity contribution is 6.35. The van der Waals surface area contributed by atoms with Crippen molar-refractivity contribution < 1.29 is 0 Å². The Morgan fingerprint density at radius 3 is 2.59 bits per heavy atom. The van der Waals surface area contributed by atoms with Crippen molar-refractivity contribution in [1.29, 1.82) is 0 Å². The van der Waals surface area contributed by atoms with Crippen molar-refractivity contribution in [3.63, 3.8) is 0 Å². The van der Waals surface area contributed by atoms with Crippen molar-refractivity contribution in [1.82, 2.24) is 9.78 Å². The molecule has 0 atom stereocenters. The topological polar surface area (TPSA) is 17.8 Å². The van der Waals surface area contributed by atoms with Gasteiger partial charge < -0.3 is 0 Å². The summed E-state index contributed by atoms with van der Waals surface area (Å²) < 4.78 is 1.96. The monoisotopic (exact) mass is 290 g/mol. The average Bonchev–Trinajstić information content (AvgIpc) is 2.63. The van der Waals surface area contributed by atoms with Gasteiger partial charge in [0.25, 0.3) is 0 Å². The van der Waals surface area contributed by atoms with E-state index in [-0.39, 0.29) is 12.4 Å². The molecule has 2 rings (SSSR count). The maximum absolute atomic E-state index is 6.10. The van der Waals surface area contributed by atoms with Crippen LogP contribution in [0.3, 0.4) is 0 Å². The summed E-state index contributed by atoms with van der Waals surface area (Å²) in [4.78, 5) is 0. The van der Waals surface area contributed by atoms with Crippen molar-refractivity contribution >= 4 is 35.6 Å². The van der Waals surface area contributed by atoms with Gasteiger partial charge in [0.15, 0.2) is 0 Å². The molecule has 0 saturated heterocycles. The molecule has 0 amide bonds. The van der Waals surface area contributed by atoms with E-state index in [1.807, 2.05) is 29.8 Å². The van der Waals surface area contributed by atoms with Crippen molar-refractivity contribution in [2.24, 2.45) is 0 Å². The molecule has 1 aromatic heterocycles. The fourth-order valence-electron chi connectivity index (χ4n) is 1.58. The summed E-state index contributed by atoms with van der Waals surface area (Å²) in [5.41, 5.74) is 2.26. The minimum atomic E-state index is 0. The number of rotatable bonds is 3. The summed E-state index contributed by atoms with van der Waals surface area (Å²) in [5, 5.41) is 5.62. The van der Waals surface area contributed by atoms with Gasteiger partial charge in [0, 0.05) is 28.5 Å². The molecule has 0 radical (unpaired) electrons. The molecule has 1 heterocycles. The lowest BCUT2D eigenvalue weighted by Gasteiger charge is -2.06. The Labute approximate surface area is 117 Å². The first-order valence-electron chi connectivity index (χ1n) is 5.09. The molecule has 0 saturated carbocycles. The number of aromatic nitrogens is 2. The second-order valence-corrected chi connectivity index (χ2v) is 4.53. The van der Waals surface area contributed by atoms with Crippen LogP contribution in [0.1, 0.15) is 11.3 Å². The number of aryl methyl sites for hydroxylation is 3. The molecule has 17 heavy (non-hydrogen) atoms. The smallest absolute Gasteiger partial charge is 0.0492 e. The largest absolute Gasteiger partial charge is 0.270 e. The molecule has 5 heteroatoms. The third-order valence-corrected chi connectivity index (χ3v) is 3.12. The summed E-state index contributed by atoms with van der Waals surface area (Å²) in [6.45, 7) is 2.87. The fourth-order valence-corrected chi connectivity index (χ4v) is 2.09. The van der Waals surface area contributed by atoms with E-state index in [1.165, 1.54) is 0 Å². The Hall–Kier alpha value is -0.700. The van der Waals surface area contributed by atoms with Crippen LogP contribution in [0.4, 0.5) is 0 Å². The quantitative estimate of drug-likeness (QED) is 0.830. The summed E-state index contributed by atoms with van der Waals surface area (Å²) in [5.74, 6) is 0. The fraction of sp³-hybridized carbons (Fsp3) is 0.250. The van der Waals surface area contributed by atoms with Crippen molar-refractivity contribution in [2.75, 3.05) is 0 Å². The number of nitrogens with zero attached hydrogens (tertiary/aromatic N) is 2. The summed E-state index contributed by atoms with van der Waals surface area (Å²) in [7, 11) is 0. The lowest BCUT2D eigenvalue weighted by Crippen LogP contribution is -2.05. The van der Waals surface area contributed by atoms with E-state index < -0.39 is 0 Å². The molecular formula is C12H13Cl3N2. The van der Waals surface area contributed by atoms with Crippen LogP contribution in [0.25, 0.3) is 0 Å². The highest BCUT2D eigenvalue weighted by atomic mass is 35.5. The zero-order valence-electron chi connectivity index (χ0n) is 9.36. The molecule has 0 bridgehead atoms. The van der Waals surface area contributed by atoms with Gasteiger partial charge in [-0.05, 0) is 37.1 Å². The molecule has 0 fully saturated rings. The predicted molar refractivity (Wildman–Crippen MR) is 74.4 cm³/mol. The normalized spacial score (nSPS) is 10.1. The van der Waals surface area contributed by atoms with Gasteiger partial charge in [-0.3, -0.25) is 4.68 Å². The van der Waals surface area contributed by atoms with Gasteiger partial charge in [-0.25, -0.2) is 0 Å². The van der Waals surface area contributed by atoms with Crippen LogP contribution in [0.2, 0.25) is 10.0 Å². The number of hydrogen-bond acceptors (Lipinski definition) is 1. The van der Waals surface area contributed by atoms with Crippen LogP contribution in [-0.4, -0.2) is 9.78 Å². The van der Waals surface area contributed by atoms with Crippen LogP contribution in [0.5, 0.6) is 0 Å². The van der Waals surface area contributed by atoms with Gasteiger partial charge in [-0.2, -0.15) is 5.10 Å². The van der Waals surface area contributed by atoms with E-state index >= 15 is 0 Å². The first kappa shape index (κ1) is 14.4. The first-order valence-corrected chi connectivity index (χ1v) is 5.85. The Morgan fingerprint density at radius 1 is 1.24 bits per heavy atom. The molecule has 0 unspecified atom stereocenters. The molecule has 0 aliphatic rings. The highest BCUT2D eigenvalue weighted by Gasteiger charge is 2.03. The van der Waals surface area contributed by atoms with Gasteiger partial charge in [-0.1, -0.05) is 29.3 Å². The van der Waals surface area contributed by atoms with Crippen molar-refractivity contribution in [3.05, 3.63) is 51.8 Å². The van der Waals surface area contributed by atoms with Gasteiger partial charge >= 0.3 is 0 Å². The van der Waals surface area contributed by atoms with E-state index in [4.69, 9.17) is 23.2 Å². The number of benzene rings is 1. The molecule has 0 N–H and O–H groups in total. The summed E-state index contributed by atoms with van der Waals surface area (Å²) >= 11 is 11.9. The van der Waals surface area contributed by atoms with E-state index in [0.29, 0.717) is 5.02 Å².